The fourth-order valence-electron chi connectivity index (χ4n) is 2.29. The molecule has 0 saturated carbocycles. The summed E-state index contributed by atoms with van der Waals surface area (Å²) >= 11 is 0. The van der Waals surface area contributed by atoms with E-state index in [2.05, 4.69) is 22.7 Å². The number of hydrogen-bond acceptors (Lipinski definition) is 4. The number of rotatable bonds is 6. The molecule has 0 aliphatic heterocycles. The van der Waals surface area contributed by atoms with Gasteiger partial charge in [0.1, 0.15) is 11.4 Å². The summed E-state index contributed by atoms with van der Waals surface area (Å²) in [5, 5.41) is 9.53. The predicted molar refractivity (Wildman–Crippen MR) is 94.1 cm³/mol. The van der Waals surface area contributed by atoms with Crippen LogP contribution in [0.4, 0.5) is 11.5 Å². The molecule has 0 unspecified atom stereocenters. The van der Waals surface area contributed by atoms with E-state index in [0.717, 1.165) is 18.4 Å². The van der Waals surface area contributed by atoms with Crippen LogP contribution in [-0.4, -0.2) is 28.6 Å². The normalized spacial score (nSPS) is 10.5. The summed E-state index contributed by atoms with van der Waals surface area (Å²) in [7, 11) is 1.56. The van der Waals surface area contributed by atoms with Crippen LogP contribution < -0.4 is 16.4 Å². The summed E-state index contributed by atoms with van der Waals surface area (Å²) in [6.07, 6.45) is 3.44. The zero-order chi connectivity index (χ0) is 17.7. The number of nitrogens with one attached hydrogen (secondary N) is 2. The molecule has 7 heteroatoms. The fraction of sp³-hybridized carbons (Fsp3) is 0.353. The Labute approximate surface area is 141 Å². The van der Waals surface area contributed by atoms with Crippen molar-refractivity contribution in [2.24, 2.45) is 0 Å². The van der Waals surface area contributed by atoms with Crippen LogP contribution in [0, 0.1) is 6.92 Å². The predicted octanol–water partition coefficient (Wildman–Crippen LogP) is 2.19. The lowest BCUT2D eigenvalue weighted by Gasteiger charge is -2.10. The van der Waals surface area contributed by atoms with Crippen molar-refractivity contribution in [2.75, 3.05) is 18.1 Å². The number of aromatic nitrogens is 2. The Morgan fingerprint density at radius 1 is 1.29 bits per heavy atom. The van der Waals surface area contributed by atoms with Gasteiger partial charge in [0, 0.05) is 24.8 Å². The van der Waals surface area contributed by atoms with Crippen molar-refractivity contribution in [1.82, 2.24) is 15.1 Å². The average molecular weight is 329 g/mol. The van der Waals surface area contributed by atoms with Crippen molar-refractivity contribution >= 4 is 23.3 Å². The Morgan fingerprint density at radius 3 is 2.71 bits per heavy atom. The zero-order valence-electron chi connectivity index (χ0n) is 14.2. The highest BCUT2D eigenvalue weighted by atomic mass is 16.2. The highest BCUT2D eigenvalue weighted by Crippen LogP contribution is 2.20. The van der Waals surface area contributed by atoms with E-state index in [-0.39, 0.29) is 11.8 Å². The van der Waals surface area contributed by atoms with Gasteiger partial charge in [0.2, 0.25) is 0 Å². The molecule has 1 aromatic carbocycles. The number of anilines is 2. The fourth-order valence-corrected chi connectivity index (χ4v) is 2.29. The van der Waals surface area contributed by atoms with Gasteiger partial charge in [-0.05, 0) is 31.0 Å². The summed E-state index contributed by atoms with van der Waals surface area (Å²) in [6, 6.07) is 5.14. The van der Waals surface area contributed by atoms with Crippen LogP contribution in [0.25, 0.3) is 0 Å². The van der Waals surface area contributed by atoms with Gasteiger partial charge in [0.25, 0.3) is 11.8 Å². The van der Waals surface area contributed by atoms with E-state index in [1.54, 1.807) is 29.9 Å². The van der Waals surface area contributed by atoms with Crippen molar-refractivity contribution in [3.8, 4) is 0 Å². The minimum absolute atomic E-state index is 0.211. The second-order valence-corrected chi connectivity index (χ2v) is 5.58. The third-order valence-corrected chi connectivity index (χ3v) is 3.82. The molecule has 0 saturated heterocycles. The SMILES string of the molecule is CCCCn1ncc(C(=O)Nc2cc(C(=O)NC)ccc2C)c1N. The lowest BCUT2D eigenvalue weighted by molar-refractivity contribution is 0.0961. The second-order valence-electron chi connectivity index (χ2n) is 5.58. The maximum atomic E-state index is 12.5. The molecule has 0 fully saturated rings. The monoisotopic (exact) mass is 329 g/mol. The number of benzene rings is 1. The van der Waals surface area contributed by atoms with Crippen LogP contribution in [0.2, 0.25) is 0 Å². The number of carbonyl (C=O) groups excluding carboxylic acids is 2. The number of nitrogens with zero attached hydrogens (tertiary/aromatic N) is 2. The summed E-state index contributed by atoms with van der Waals surface area (Å²) in [6.45, 7) is 4.62. The molecule has 0 aliphatic carbocycles. The smallest absolute Gasteiger partial charge is 0.261 e. The van der Waals surface area contributed by atoms with E-state index >= 15 is 0 Å². The molecule has 2 aromatic rings. The van der Waals surface area contributed by atoms with E-state index in [1.807, 2.05) is 6.92 Å². The van der Waals surface area contributed by atoms with E-state index < -0.39 is 0 Å². The minimum Gasteiger partial charge on any atom is -0.383 e. The molecule has 2 rings (SSSR count). The first-order valence-corrected chi connectivity index (χ1v) is 7.93. The van der Waals surface area contributed by atoms with Crippen molar-refractivity contribution in [2.45, 2.75) is 33.2 Å². The van der Waals surface area contributed by atoms with E-state index in [9.17, 15) is 9.59 Å². The number of carbonyl (C=O) groups is 2. The summed E-state index contributed by atoms with van der Waals surface area (Å²) < 4.78 is 1.63. The van der Waals surface area contributed by atoms with Crippen molar-refractivity contribution < 1.29 is 9.59 Å². The van der Waals surface area contributed by atoms with Crippen LogP contribution in [0.5, 0.6) is 0 Å². The van der Waals surface area contributed by atoms with Crippen LogP contribution >= 0.6 is 0 Å². The lowest BCUT2D eigenvalue weighted by Crippen LogP contribution is -2.19. The molecule has 0 radical (unpaired) electrons. The first-order valence-electron chi connectivity index (χ1n) is 7.93. The van der Waals surface area contributed by atoms with Gasteiger partial charge < -0.3 is 16.4 Å². The molecule has 0 aliphatic rings. The molecule has 128 valence electrons. The molecular formula is C17H23N5O2. The number of nitrogen functional groups attached to an aromatic ring is 1. The van der Waals surface area contributed by atoms with Gasteiger partial charge in [-0.3, -0.25) is 9.59 Å². The quantitative estimate of drug-likeness (QED) is 0.756. The summed E-state index contributed by atoms with van der Waals surface area (Å²) in [5.74, 6) is -0.203. The van der Waals surface area contributed by atoms with Crippen LogP contribution in [-0.2, 0) is 6.54 Å². The highest BCUT2D eigenvalue weighted by molar-refractivity contribution is 6.08. The van der Waals surface area contributed by atoms with Gasteiger partial charge in [-0.1, -0.05) is 19.4 Å². The molecular weight excluding hydrogens is 306 g/mol. The molecule has 0 spiro atoms. The van der Waals surface area contributed by atoms with Gasteiger partial charge >= 0.3 is 0 Å². The molecule has 0 bridgehead atoms. The largest absolute Gasteiger partial charge is 0.383 e. The number of aryl methyl sites for hydroxylation is 2. The van der Waals surface area contributed by atoms with Gasteiger partial charge in [0.05, 0.1) is 6.20 Å². The van der Waals surface area contributed by atoms with Crippen LogP contribution in [0.3, 0.4) is 0 Å². The molecule has 1 aromatic heterocycles. The number of hydrogen-bond donors (Lipinski definition) is 3. The average Bonchev–Trinajstić information content (AvgIpc) is 2.95. The van der Waals surface area contributed by atoms with Gasteiger partial charge in [0.15, 0.2) is 0 Å². The van der Waals surface area contributed by atoms with Crippen molar-refractivity contribution in [3.63, 3.8) is 0 Å². The molecule has 4 N–H and O–H groups in total. The Bertz CT molecular complexity index is 751. The topological polar surface area (TPSA) is 102 Å². The van der Waals surface area contributed by atoms with E-state index in [1.165, 1.54) is 6.20 Å². The standard InChI is InChI=1S/C17H23N5O2/c1-4-5-8-22-15(18)13(10-20-22)17(24)21-14-9-12(16(23)19-3)7-6-11(14)2/h6-7,9-10H,4-5,8,18H2,1-3H3,(H,19,23)(H,21,24). The Hall–Kier alpha value is -2.83. The first-order chi connectivity index (χ1) is 11.5. The summed E-state index contributed by atoms with van der Waals surface area (Å²) in [4.78, 5) is 24.2. The third-order valence-electron chi connectivity index (χ3n) is 3.82. The zero-order valence-corrected chi connectivity index (χ0v) is 14.2. The lowest BCUT2D eigenvalue weighted by atomic mass is 10.1. The molecule has 7 nitrogen and oxygen atoms in total. The van der Waals surface area contributed by atoms with Gasteiger partial charge in [-0.25, -0.2) is 4.68 Å². The highest BCUT2D eigenvalue weighted by Gasteiger charge is 2.16. The maximum absolute atomic E-state index is 12.5. The number of amides is 2. The van der Waals surface area contributed by atoms with E-state index in [0.29, 0.717) is 29.2 Å². The second kappa shape index (κ2) is 7.63. The van der Waals surface area contributed by atoms with Crippen molar-refractivity contribution in [1.29, 1.82) is 0 Å². The van der Waals surface area contributed by atoms with Gasteiger partial charge in [-0.15, -0.1) is 0 Å². The van der Waals surface area contributed by atoms with Crippen molar-refractivity contribution in [3.05, 3.63) is 41.1 Å². The summed E-state index contributed by atoms with van der Waals surface area (Å²) in [5.41, 5.74) is 8.24. The molecule has 1 heterocycles. The molecule has 2 amide bonds. The van der Waals surface area contributed by atoms with Gasteiger partial charge in [-0.2, -0.15) is 5.10 Å². The Kier molecular flexibility index (Phi) is 5.57. The molecule has 24 heavy (non-hydrogen) atoms. The Morgan fingerprint density at radius 2 is 2.04 bits per heavy atom. The minimum atomic E-state index is -0.340. The van der Waals surface area contributed by atoms with Crippen LogP contribution in [0.1, 0.15) is 46.0 Å². The first kappa shape index (κ1) is 17.5. The van der Waals surface area contributed by atoms with Crippen LogP contribution in [0.15, 0.2) is 24.4 Å². The number of nitrogens with two attached hydrogens (primary N) is 1. The molecule has 0 atom stereocenters. The maximum Gasteiger partial charge on any atom is 0.261 e. The van der Waals surface area contributed by atoms with E-state index in [4.69, 9.17) is 5.73 Å². The number of unbranched alkanes of at least 4 members (excludes halogenated alkanes) is 1. The Balaban J connectivity index is 2.21. The third kappa shape index (κ3) is 3.73.